The van der Waals surface area contributed by atoms with Crippen LogP contribution in [-0.4, -0.2) is 38.7 Å². The molecule has 0 aliphatic carbocycles. The van der Waals surface area contributed by atoms with Crippen molar-refractivity contribution in [3.05, 3.63) is 29.8 Å². The van der Waals surface area contributed by atoms with Crippen LogP contribution in [0.25, 0.3) is 0 Å². The predicted octanol–water partition coefficient (Wildman–Crippen LogP) is 2.76. The third-order valence-electron chi connectivity index (χ3n) is 3.12. The number of methoxy groups -OCH3 is 1. The molecule has 0 amide bonds. The molecule has 1 N–H and O–H groups in total. The molecule has 0 heterocycles. The molecule has 0 saturated heterocycles. The third-order valence-corrected chi connectivity index (χ3v) is 3.12. The molecule has 0 bridgehead atoms. The van der Waals surface area contributed by atoms with Gasteiger partial charge in [-0.15, -0.1) is 0 Å². The molecular formula is C16H28N2O. The van der Waals surface area contributed by atoms with Gasteiger partial charge in [0.05, 0.1) is 7.11 Å². The second kappa shape index (κ2) is 8.18. The second-order valence-electron chi connectivity index (χ2n) is 5.78. The average Bonchev–Trinajstić information content (AvgIpc) is 2.35. The maximum absolute atomic E-state index is 5.39. The fraction of sp³-hybridized carbons (Fsp3) is 0.625. The number of para-hydroxylation sites is 1. The van der Waals surface area contributed by atoms with Crippen molar-refractivity contribution in [3.63, 3.8) is 0 Å². The normalized spacial score (nSPS) is 13.0. The van der Waals surface area contributed by atoms with Crippen molar-refractivity contribution in [3.8, 4) is 5.75 Å². The zero-order valence-electron chi connectivity index (χ0n) is 12.9. The monoisotopic (exact) mass is 264 g/mol. The first kappa shape index (κ1) is 16.0. The standard InChI is InChI=1S/C16H28N2O/c1-13(2)10-15(12-18(3)4)17-11-14-8-6-7-9-16(14)19-5/h6-9,13,15,17H,10-12H2,1-5H3. The zero-order valence-corrected chi connectivity index (χ0v) is 12.9. The lowest BCUT2D eigenvalue weighted by molar-refractivity contribution is 0.303. The summed E-state index contributed by atoms with van der Waals surface area (Å²) in [6.07, 6.45) is 1.19. The van der Waals surface area contributed by atoms with Crippen LogP contribution in [0.15, 0.2) is 24.3 Å². The summed E-state index contributed by atoms with van der Waals surface area (Å²) in [6, 6.07) is 8.71. The van der Waals surface area contributed by atoms with Gasteiger partial charge < -0.3 is 15.0 Å². The Balaban J connectivity index is 2.59. The molecule has 1 unspecified atom stereocenters. The van der Waals surface area contributed by atoms with Gasteiger partial charge in [0.15, 0.2) is 0 Å². The van der Waals surface area contributed by atoms with Crippen LogP contribution >= 0.6 is 0 Å². The third kappa shape index (κ3) is 6.08. The van der Waals surface area contributed by atoms with Crippen LogP contribution < -0.4 is 10.1 Å². The summed E-state index contributed by atoms with van der Waals surface area (Å²) in [5.41, 5.74) is 1.22. The highest BCUT2D eigenvalue weighted by Crippen LogP contribution is 2.17. The Labute approximate surface area is 118 Å². The van der Waals surface area contributed by atoms with Crippen LogP contribution in [0, 0.1) is 5.92 Å². The summed E-state index contributed by atoms with van der Waals surface area (Å²) in [4.78, 5) is 2.24. The molecule has 0 aliphatic rings. The minimum atomic E-state index is 0.514. The van der Waals surface area contributed by atoms with Gasteiger partial charge in [-0.2, -0.15) is 0 Å². The Kier molecular flexibility index (Phi) is 6.89. The summed E-state index contributed by atoms with van der Waals surface area (Å²) in [6.45, 7) is 6.46. The second-order valence-corrected chi connectivity index (χ2v) is 5.78. The first-order chi connectivity index (χ1) is 9.02. The Hall–Kier alpha value is -1.06. The van der Waals surface area contributed by atoms with Gasteiger partial charge in [0.1, 0.15) is 5.75 Å². The van der Waals surface area contributed by atoms with E-state index in [0.717, 1.165) is 18.8 Å². The van der Waals surface area contributed by atoms with Crippen LogP contribution in [0.3, 0.4) is 0 Å². The van der Waals surface area contributed by atoms with Gasteiger partial charge >= 0.3 is 0 Å². The average molecular weight is 264 g/mol. The Morgan fingerprint density at radius 1 is 1.21 bits per heavy atom. The summed E-state index contributed by atoms with van der Waals surface area (Å²) in [5, 5.41) is 3.65. The van der Waals surface area contributed by atoms with Crippen LogP contribution in [0.2, 0.25) is 0 Å². The molecule has 0 saturated carbocycles. The van der Waals surface area contributed by atoms with Crippen molar-refractivity contribution in [2.24, 2.45) is 5.92 Å². The first-order valence-corrected chi connectivity index (χ1v) is 7.03. The highest BCUT2D eigenvalue weighted by molar-refractivity contribution is 5.33. The van der Waals surface area contributed by atoms with Crippen molar-refractivity contribution in [1.29, 1.82) is 0 Å². The van der Waals surface area contributed by atoms with Crippen LogP contribution in [0.5, 0.6) is 5.75 Å². The van der Waals surface area contributed by atoms with E-state index < -0.39 is 0 Å². The predicted molar refractivity (Wildman–Crippen MR) is 81.6 cm³/mol. The van der Waals surface area contributed by atoms with Crippen molar-refractivity contribution >= 4 is 0 Å². The van der Waals surface area contributed by atoms with E-state index in [9.17, 15) is 0 Å². The lowest BCUT2D eigenvalue weighted by atomic mass is 10.0. The van der Waals surface area contributed by atoms with Crippen molar-refractivity contribution < 1.29 is 4.74 Å². The van der Waals surface area contributed by atoms with Gasteiger partial charge in [-0.05, 0) is 32.5 Å². The van der Waals surface area contributed by atoms with E-state index in [1.165, 1.54) is 12.0 Å². The van der Waals surface area contributed by atoms with E-state index >= 15 is 0 Å². The molecule has 3 heteroatoms. The lowest BCUT2D eigenvalue weighted by Gasteiger charge is -2.24. The summed E-state index contributed by atoms with van der Waals surface area (Å²) >= 11 is 0. The number of benzene rings is 1. The van der Waals surface area contributed by atoms with Gasteiger partial charge in [0.2, 0.25) is 0 Å². The van der Waals surface area contributed by atoms with E-state index in [2.05, 4.69) is 50.3 Å². The Morgan fingerprint density at radius 2 is 1.89 bits per heavy atom. The largest absolute Gasteiger partial charge is 0.496 e. The van der Waals surface area contributed by atoms with Gasteiger partial charge in [0, 0.05) is 24.7 Å². The molecule has 0 aliphatic heterocycles. The number of rotatable bonds is 8. The molecule has 0 spiro atoms. The lowest BCUT2D eigenvalue weighted by Crippen LogP contribution is -2.38. The van der Waals surface area contributed by atoms with E-state index in [1.807, 2.05) is 12.1 Å². The highest BCUT2D eigenvalue weighted by atomic mass is 16.5. The van der Waals surface area contributed by atoms with Gasteiger partial charge in [0.25, 0.3) is 0 Å². The zero-order chi connectivity index (χ0) is 14.3. The summed E-state index contributed by atoms with van der Waals surface area (Å²) in [7, 11) is 5.97. The molecule has 0 fully saturated rings. The number of likely N-dealkylation sites (N-methyl/N-ethyl adjacent to an activating group) is 1. The molecule has 108 valence electrons. The number of hydrogen-bond acceptors (Lipinski definition) is 3. The molecule has 1 atom stereocenters. The number of nitrogens with one attached hydrogen (secondary N) is 1. The molecule has 19 heavy (non-hydrogen) atoms. The van der Waals surface area contributed by atoms with Crippen LogP contribution in [0.1, 0.15) is 25.8 Å². The molecular weight excluding hydrogens is 236 g/mol. The first-order valence-electron chi connectivity index (χ1n) is 7.03. The number of nitrogens with zero attached hydrogens (tertiary/aromatic N) is 1. The quantitative estimate of drug-likeness (QED) is 0.781. The molecule has 0 aromatic heterocycles. The maximum atomic E-state index is 5.39. The van der Waals surface area contributed by atoms with Gasteiger partial charge in [-0.25, -0.2) is 0 Å². The fourth-order valence-electron chi connectivity index (χ4n) is 2.34. The SMILES string of the molecule is COc1ccccc1CNC(CC(C)C)CN(C)C. The van der Waals surface area contributed by atoms with Crippen LogP contribution in [-0.2, 0) is 6.54 Å². The molecule has 1 aromatic carbocycles. The Morgan fingerprint density at radius 3 is 2.47 bits per heavy atom. The van der Waals surface area contributed by atoms with Crippen LogP contribution in [0.4, 0.5) is 0 Å². The van der Waals surface area contributed by atoms with E-state index in [1.54, 1.807) is 7.11 Å². The highest BCUT2D eigenvalue weighted by Gasteiger charge is 2.12. The maximum Gasteiger partial charge on any atom is 0.123 e. The molecule has 0 radical (unpaired) electrons. The minimum Gasteiger partial charge on any atom is -0.496 e. The Bertz CT molecular complexity index is 354. The minimum absolute atomic E-state index is 0.514. The van der Waals surface area contributed by atoms with Crippen molar-refractivity contribution in [2.75, 3.05) is 27.7 Å². The number of hydrogen-bond donors (Lipinski definition) is 1. The smallest absolute Gasteiger partial charge is 0.123 e. The van der Waals surface area contributed by atoms with Crippen molar-refractivity contribution in [2.45, 2.75) is 32.9 Å². The molecule has 3 nitrogen and oxygen atoms in total. The van der Waals surface area contributed by atoms with E-state index in [4.69, 9.17) is 4.74 Å². The topological polar surface area (TPSA) is 24.5 Å². The number of ether oxygens (including phenoxy) is 1. The van der Waals surface area contributed by atoms with Crippen molar-refractivity contribution in [1.82, 2.24) is 10.2 Å². The summed E-state index contributed by atoms with van der Waals surface area (Å²) in [5.74, 6) is 1.67. The molecule has 1 rings (SSSR count). The van der Waals surface area contributed by atoms with Gasteiger partial charge in [-0.3, -0.25) is 0 Å². The fourth-order valence-corrected chi connectivity index (χ4v) is 2.34. The van der Waals surface area contributed by atoms with E-state index in [-0.39, 0.29) is 0 Å². The van der Waals surface area contributed by atoms with Gasteiger partial charge in [-0.1, -0.05) is 32.0 Å². The molecule has 1 aromatic rings. The summed E-state index contributed by atoms with van der Waals surface area (Å²) < 4.78 is 5.39. The van der Waals surface area contributed by atoms with E-state index in [0.29, 0.717) is 12.0 Å².